The number of aldehydes is 2. The summed E-state index contributed by atoms with van der Waals surface area (Å²) >= 11 is 0. The van der Waals surface area contributed by atoms with Crippen LogP contribution in [0.4, 0.5) is 0 Å². The van der Waals surface area contributed by atoms with Crippen molar-refractivity contribution in [3.05, 3.63) is 0 Å². The van der Waals surface area contributed by atoms with Crippen LogP contribution in [0, 0.1) is 0 Å². The SMILES string of the molecule is NC(CCC=O)C(N)CCC=O. The van der Waals surface area contributed by atoms with Gasteiger partial charge in [-0.05, 0) is 12.8 Å². The van der Waals surface area contributed by atoms with E-state index in [1.165, 1.54) is 0 Å². The van der Waals surface area contributed by atoms with Gasteiger partial charge in [0.1, 0.15) is 12.6 Å². The third kappa shape index (κ3) is 4.98. The van der Waals surface area contributed by atoms with E-state index in [2.05, 4.69) is 0 Å². The molecule has 2 unspecified atom stereocenters. The van der Waals surface area contributed by atoms with E-state index in [1.54, 1.807) is 0 Å². The second-order valence-electron chi connectivity index (χ2n) is 2.82. The Hall–Kier alpha value is -0.740. The maximum atomic E-state index is 9.99. The summed E-state index contributed by atoms with van der Waals surface area (Å²) in [5.74, 6) is 0. The molecule has 0 bridgehead atoms. The fourth-order valence-electron chi connectivity index (χ4n) is 0.949. The first kappa shape index (κ1) is 11.3. The average Bonchev–Trinajstić information content (AvgIpc) is 2.10. The van der Waals surface area contributed by atoms with Gasteiger partial charge in [-0.15, -0.1) is 0 Å². The Morgan fingerprint density at radius 1 is 0.917 bits per heavy atom. The third-order valence-corrected chi connectivity index (χ3v) is 1.79. The highest BCUT2D eigenvalue weighted by molar-refractivity contribution is 5.49. The molecule has 0 amide bonds. The first-order valence-corrected chi connectivity index (χ1v) is 4.10. The van der Waals surface area contributed by atoms with Crippen molar-refractivity contribution in [3.8, 4) is 0 Å². The topological polar surface area (TPSA) is 86.2 Å². The third-order valence-electron chi connectivity index (χ3n) is 1.79. The number of rotatable bonds is 7. The van der Waals surface area contributed by atoms with Crippen molar-refractivity contribution in [2.75, 3.05) is 0 Å². The van der Waals surface area contributed by atoms with Crippen LogP contribution in [0.15, 0.2) is 0 Å². The van der Waals surface area contributed by atoms with Crippen LogP contribution in [-0.2, 0) is 9.59 Å². The molecule has 0 radical (unpaired) electrons. The van der Waals surface area contributed by atoms with Gasteiger partial charge >= 0.3 is 0 Å². The number of carbonyl (C=O) groups is 2. The zero-order valence-corrected chi connectivity index (χ0v) is 7.11. The maximum absolute atomic E-state index is 9.99. The van der Waals surface area contributed by atoms with Crippen molar-refractivity contribution in [3.63, 3.8) is 0 Å². The molecule has 0 aromatic rings. The lowest BCUT2D eigenvalue weighted by Crippen LogP contribution is -2.41. The minimum Gasteiger partial charge on any atom is -0.326 e. The Balaban J connectivity index is 3.52. The highest BCUT2D eigenvalue weighted by Gasteiger charge is 2.11. The minimum absolute atomic E-state index is 0.171. The standard InChI is InChI=1S/C8H16N2O2/c9-7(3-1-5-11)8(10)4-2-6-12/h5-8H,1-4,9-10H2. The van der Waals surface area contributed by atoms with E-state index in [9.17, 15) is 9.59 Å². The van der Waals surface area contributed by atoms with Gasteiger partial charge in [0.2, 0.25) is 0 Å². The second-order valence-corrected chi connectivity index (χ2v) is 2.82. The molecule has 0 aromatic carbocycles. The second kappa shape index (κ2) is 6.94. The summed E-state index contributed by atoms with van der Waals surface area (Å²) in [7, 11) is 0. The van der Waals surface area contributed by atoms with Gasteiger partial charge in [0.25, 0.3) is 0 Å². The molecule has 0 aliphatic carbocycles. The van der Waals surface area contributed by atoms with Gasteiger partial charge in [0, 0.05) is 24.9 Å². The molecule has 2 atom stereocenters. The quantitative estimate of drug-likeness (QED) is 0.511. The molecule has 0 rings (SSSR count). The summed E-state index contributed by atoms with van der Waals surface area (Å²) in [5.41, 5.74) is 11.3. The lowest BCUT2D eigenvalue weighted by atomic mass is 10.0. The predicted molar refractivity (Wildman–Crippen MR) is 46.5 cm³/mol. The summed E-state index contributed by atoms with van der Waals surface area (Å²) in [6.45, 7) is 0. The Morgan fingerprint density at radius 3 is 1.50 bits per heavy atom. The zero-order chi connectivity index (χ0) is 9.40. The summed E-state index contributed by atoms with van der Waals surface area (Å²) in [6, 6.07) is -0.342. The van der Waals surface area contributed by atoms with E-state index in [-0.39, 0.29) is 12.1 Å². The van der Waals surface area contributed by atoms with Crippen LogP contribution < -0.4 is 11.5 Å². The molecule has 4 nitrogen and oxygen atoms in total. The van der Waals surface area contributed by atoms with E-state index < -0.39 is 0 Å². The summed E-state index contributed by atoms with van der Waals surface area (Å²) in [5, 5.41) is 0. The molecule has 0 heterocycles. The molecule has 0 saturated heterocycles. The number of nitrogens with two attached hydrogens (primary N) is 2. The number of hydrogen-bond donors (Lipinski definition) is 2. The van der Waals surface area contributed by atoms with E-state index in [0.717, 1.165) is 12.6 Å². The predicted octanol–water partition coefficient (Wildman–Crippen LogP) is -0.401. The Bertz CT molecular complexity index is 123. The van der Waals surface area contributed by atoms with Crippen molar-refractivity contribution < 1.29 is 9.59 Å². The molecule has 0 fully saturated rings. The van der Waals surface area contributed by atoms with Crippen LogP contribution in [0.3, 0.4) is 0 Å². The van der Waals surface area contributed by atoms with Gasteiger partial charge in [-0.2, -0.15) is 0 Å². The normalized spacial score (nSPS) is 15.2. The van der Waals surface area contributed by atoms with Crippen LogP contribution in [0.25, 0.3) is 0 Å². The molecule has 4 N–H and O–H groups in total. The van der Waals surface area contributed by atoms with Gasteiger partial charge in [-0.1, -0.05) is 0 Å². The van der Waals surface area contributed by atoms with Crippen LogP contribution in [0.5, 0.6) is 0 Å². The van der Waals surface area contributed by atoms with E-state index in [0.29, 0.717) is 25.7 Å². The van der Waals surface area contributed by atoms with Gasteiger partial charge in [-0.25, -0.2) is 0 Å². The monoisotopic (exact) mass is 172 g/mol. The lowest BCUT2D eigenvalue weighted by Gasteiger charge is -2.17. The smallest absolute Gasteiger partial charge is 0.120 e. The van der Waals surface area contributed by atoms with E-state index >= 15 is 0 Å². The zero-order valence-electron chi connectivity index (χ0n) is 7.11. The molecule has 0 aliphatic heterocycles. The largest absolute Gasteiger partial charge is 0.326 e. The first-order valence-electron chi connectivity index (χ1n) is 4.10. The van der Waals surface area contributed by atoms with Gasteiger partial charge in [0.05, 0.1) is 0 Å². The van der Waals surface area contributed by atoms with Crippen LogP contribution in [0.1, 0.15) is 25.7 Å². The molecule has 0 aliphatic rings. The van der Waals surface area contributed by atoms with E-state index in [4.69, 9.17) is 11.5 Å². The highest BCUT2D eigenvalue weighted by atomic mass is 16.1. The van der Waals surface area contributed by atoms with Crippen LogP contribution in [-0.4, -0.2) is 24.7 Å². The Labute approximate surface area is 72.3 Å². The summed E-state index contributed by atoms with van der Waals surface area (Å²) in [6.07, 6.45) is 3.73. The summed E-state index contributed by atoms with van der Waals surface area (Å²) in [4.78, 5) is 20.0. The molecular formula is C8H16N2O2. The molecule has 0 saturated carbocycles. The highest BCUT2D eigenvalue weighted by Crippen LogP contribution is 2.01. The van der Waals surface area contributed by atoms with Crippen LogP contribution >= 0.6 is 0 Å². The molecule has 70 valence electrons. The summed E-state index contributed by atoms with van der Waals surface area (Å²) < 4.78 is 0. The fourth-order valence-corrected chi connectivity index (χ4v) is 0.949. The minimum atomic E-state index is -0.171. The maximum Gasteiger partial charge on any atom is 0.120 e. The molecular weight excluding hydrogens is 156 g/mol. The van der Waals surface area contributed by atoms with Crippen molar-refractivity contribution in [2.24, 2.45) is 11.5 Å². The van der Waals surface area contributed by atoms with Crippen molar-refractivity contribution >= 4 is 12.6 Å². The Kier molecular flexibility index (Phi) is 6.51. The van der Waals surface area contributed by atoms with Crippen molar-refractivity contribution in [1.82, 2.24) is 0 Å². The number of carbonyl (C=O) groups excluding carboxylic acids is 2. The van der Waals surface area contributed by atoms with Crippen molar-refractivity contribution in [1.29, 1.82) is 0 Å². The van der Waals surface area contributed by atoms with Crippen LogP contribution in [0.2, 0.25) is 0 Å². The molecule has 4 heteroatoms. The number of hydrogen-bond acceptors (Lipinski definition) is 4. The molecule has 12 heavy (non-hydrogen) atoms. The van der Waals surface area contributed by atoms with Crippen molar-refractivity contribution in [2.45, 2.75) is 37.8 Å². The first-order chi connectivity index (χ1) is 5.72. The fraction of sp³-hybridized carbons (Fsp3) is 0.750. The van der Waals surface area contributed by atoms with Gasteiger partial charge in [-0.3, -0.25) is 0 Å². The Morgan fingerprint density at radius 2 is 1.25 bits per heavy atom. The lowest BCUT2D eigenvalue weighted by molar-refractivity contribution is -0.109. The molecule has 0 spiro atoms. The van der Waals surface area contributed by atoms with Gasteiger partial charge < -0.3 is 21.1 Å². The average molecular weight is 172 g/mol. The van der Waals surface area contributed by atoms with Gasteiger partial charge in [0.15, 0.2) is 0 Å². The molecule has 0 aromatic heterocycles. The van der Waals surface area contributed by atoms with E-state index in [1.807, 2.05) is 0 Å².